The summed E-state index contributed by atoms with van der Waals surface area (Å²) in [4.78, 5) is 28.8. The van der Waals surface area contributed by atoms with E-state index in [9.17, 15) is 9.59 Å². The number of rotatable bonds is 2. The van der Waals surface area contributed by atoms with Crippen LogP contribution in [0.15, 0.2) is 30.3 Å². The van der Waals surface area contributed by atoms with Gasteiger partial charge in [-0.1, -0.05) is 18.2 Å². The summed E-state index contributed by atoms with van der Waals surface area (Å²) in [5.41, 5.74) is 0.875. The lowest BCUT2D eigenvalue weighted by Crippen LogP contribution is -2.39. The Hall–Kier alpha value is -1.88. The van der Waals surface area contributed by atoms with E-state index in [4.69, 9.17) is 4.74 Å². The fourth-order valence-corrected chi connectivity index (χ4v) is 4.11. The molecule has 2 atom stereocenters. The van der Waals surface area contributed by atoms with Crippen molar-refractivity contribution in [3.8, 4) is 0 Å². The predicted octanol–water partition coefficient (Wildman–Crippen LogP) is 1.82. The van der Waals surface area contributed by atoms with E-state index >= 15 is 0 Å². The molecular formula is C18H22N2O3. The van der Waals surface area contributed by atoms with Crippen molar-refractivity contribution in [1.82, 2.24) is 4.90 Å². The van der Waals surface area contributed by atoms with Gasteiger partial charge >= 0.3 is 0 Å². The monoisotopic (exact) mass is 314 g/mol. The van der Waals surface area contributed by atoms with Crippen LogP contribution in [0.2, 0.25) is 0 Å². The summed E-state index contributed by atoms with van der Waals surface area (Å²) in [6.07, 6.45) is 2.98. The van der Waals surface area contributed by atoms with Crippen LogP contribution in [0.3, 0.4) is 0 Å². The molecule has 122 valence electrons. The molecule has 3 heterocycles. The second-order valence-corrected chi connectivity index (χ2v) is 7.00. The van der Waals surface area contributed by atoms with E-state index in [-0.39, 0.29) is 23.3 Å². The summed E-state index contributed by atoms with van der Waals surface area (Å²) in [5, 5.41) is 0. The summed E-state index contributed by atoms with van der Waals surface area (Å²) in [6, 6.07) is 9.81. The number of carbonyl (C=O) groups is 2. The summed E-state index contributed by atoms with van der Waals surface area (Å²) in [5.74, 6) is 0.285. The summed E-state index contributed by atoms with van der Waals surface area (Å²) < 4.78 is 5.52. The van der Waals surface area contributed by atoms with Crippen LogP contribution in [0.5, 0.6) is 0 Å². The topological polar surface area (TPSA) is 49.9 Å². The van der Waals surface area contributed by atoms with Crippen LogP contribution in [-0.2, 0) is 14.3 Å². The van der Waals surface area contributed by atoms with Crippen molar-refractivity contribution in [2.45, 2.75) is 31.8 Å². The molecule has 5 nitrogen and oxygen atoms in total. The number of anilines is 1. The van der Waals surface area contributed by atoms with Gasteiger partial charge in [-0.15, -0.1) is 0 Å². The third-order valence-corrected chi connectivity index (χ3v) is 5.34. The Balaban J connectivity index is 1.46. The number of benzene rings is 1. The third kappa shape index (κ3) is 2.63. The van der Waals surface area contributed by atoms with Gasteiger partial charge in [-0.05, 0) is 31.4 Å². The number of para-hydroxylation sites is 1. The Morgan fingerprint density at radius 3 is 2.78 bits per heavy atom. The van der Waals surface area contributed by atoms with Crippen molar-refractivity contribution in [2.24, 2.45) is 5.41 Å². The number of ether oxygens (including phenoxy) is 1. The second kappa shape index (κ2) is 5.64. The maximum Gasteiger partial charge on any atom is 0.251 e. The van der Waals surface area contributed by atoms with E-state index in [0.29, 0.717) is 26.1 Å². The Labute approximate surface area is 136 Å². The molecule has 3 saturated heterocycles. The molecule has 1 aromatic carbocycles. The fourth-order valence-electron chi connectivity index (χ4n) is 4.11. The van der Waals surface area contributed by atoms with E-state index in [0.717, 1.165) is 31.5 Å². The molecule has 3 aliphatic heterocycles. The van der Waals surface area contributed by atoms with Gasteiger partial charge < -0.3 is 14.5 Å². The highest BCUT2D eigenvalue weighted by Gasteiger charge is 2.49. The van der Waals surface area contributed by atoms with Crippen LogP contribution in [0.25, 0.3) is 0 Å². The van der Waals surface area contributed by atoms with Crippen LogP contribution in [0.4, 0.5) is 5.69 Å². The number of hydrogen-bond acceptors (Lipinski definition) is 3. The molecular weight excluding hydrogens is 292 g/mol. The molecule has 0 N–H and O–H groups in total. The zero-order chi connectivity index (χ0) is 15.9. The van der Waals surface area contributed by atoms with Crippen molar-refractivity contribution in [3.63, 3.8) is 0 Å². The van der Waals surface area contributed by atoms with E-state index < -0.39 is 0 Å². The second-order valence-electron chi connectivity index (χ2n) is 7.00. The van der Waals surface area contributed by atoms with Gasteiger partial charge in [0.25, 0.3) is 5.91 Å². The average molecular weight is 314 g/mol. The fraction of sp³-hybridized carbons (Fsp3) is 0.556. The van der Waals surface area contributed by atoms with Crippen molar-refractivity contribution in [3.05, 3.63) is 30.3 Å². The van der Waals surface area contributed by atoms with Gasteiger partial charge in [0.15, 0.2) is 0 Å². The van der Waals surface area contributed by atoms with Crippen LogP contribution in [0, 0.1) is 5.41 Å². The molecule has 1 unspecified atom stereocenters. The molecule has 2 amide bonds. The normalized spacial score (nSPS) is 30.6. The van der Waals surface area contributed by atoms with Gasteiger partial charge in [-0.3, -0.25) is 9.59 Å². The lowest BCUT2D eigenvalue weighted by atomic mass is 9.86. The highest BCUT2D eigenvalue weighted by Crippen LogP contribution is 2.42. The van der Waals surface area contributed by atoms with Crippen molar-refractivity contribution in [2.75, 3.05) is 31.1 Å². The number of carbonyl (C=O) groups excluding carboxylic acids is 2. The zero-order valence-corrected chi connectivity index (χ0v) is 13.2. The Kier molecular flexibility index (Phi) is 3.60. The predicted molar refractivity (Wildman–Crippen MR) is 86.0 cm³/mol. The standard InChI is InChI=1S/C18H22N2O3/c21-16-11-18(13-20(16)14-5-2-1-3-6-14)8-9-19(12-18)17(22)15-7-4-10-23-15/h1-3,5-6,15H,4,7-13H2/t15-,18?/m0/s1. The van der Waals surface area contributed by atoms with E-state index in [1.54, 1.807) is 0 Å². The minimum absolute atomic E-state index is 0.0822. The quantitative estimate of drug-likeness (QED) is 0.837. The van der Waals surface area contributed by atoms with E-state index in [1.165, 1.54) is 0 Å². The SMILES string of the molecule is O=C([C@@H]1CCCO1)N1CCC2(CC(=O)N(c3ccccc3)C2)C1. The van der Waals surface area contributed by atoms with Gasteiger partial charge in [0.1, 0.15) is 6.10 Å². The Morgan fingerprint density at radius 2 is 2.04 bits per heavy atom. The molecule has 0 radical (unpaired) electrons. The lowest BCUT2D eigenvalue weighted by Gasteiger charge is -2.25. The Bertz CT molecular complexity index is 612. The largest absolute Gasteiger partial charge is 0.368 e. The number of likely N-dealkylation sites (tertiary alicyclic amines) is 1. The molecule has 3 aliphatic rings. The molecule has 0 aliphatic carbocycles. The van der Waals surface area contributed by atoms with Crippen molar-refractivity contribution in [1.29, 1.82) is 0 Å². The lowest BCUT2D eigenvalue weighted by molar-refractivity contribution is -0.140. The summed E-state index contributed by atoms with van der Waals surface area (Å²) in [7, 11) is 0. The van der Waals surface area contributed by atoms with Crippen LogP contribution >= 0.6 is 0 Å². The highest BCUT2D eigenvalue weighted by molar-refractivity contribution is 5.96. The first-order chi connectivity index (χ1) is 11.2. The van der Waals surface area contributed by atoms with Crippen molar-refractivity contribution < 1.29 is 14.3 Å². The molecule has 1 spiro atoms. The molecule has 4 rings (SSSR count). The molecule has 3 fully saturated rings. The molecule has 0 aromatic heterocycles. The first kappa shape index (κ1) is 14.7. The number of nitrogens with zero attached hydrogens (tertiary/aromatic N) is 2. The van der Waals surface area contributed by atoms with Gasteiger partial charge in [-0.25, -0.2) is 0 Å². The van der Waals surface area contributed by atoms with Gasteiger partial charge in [0.2, 0.25) is 5.91 Å². The smallest absolute Gasteiger partial charge is 0.251 e. The summed E-state index contributed by atoms with van der Waals surface area (Å²) >= 11 is 0. The summed E-state index contributed by atoms with van der Waals surface area (Å²) in [6.45, 7) is 2.83. The van der Waals surface area contributed by atoms with Gasteiger partial charge in [0, 0.05) is 43.8 Å². The van der Waals surface area contributed by atoms with Crippen LogP contribution in [0.1, 0.15) is 25.7 Å². The first-order valence-electron chi connectivity index (χ1n) is 8.43. The van der Waals surface area contributed by atoms with E-state index in [1.807, 2.05) is 40.1 Å². The Morgan fingerprint density at radius 1 is 1.22 bits per heavy atom. The minimum Gasteiger partial charge on any atom is -0.368 e. The zero-order valence-electron chi connectivity index (χ0n) is 13.2. The van der Waals surface area contributed by atoms with Crippen LogP contribution in [-0.4, -0.2) is 49.1 Å². The minimum atomic E-state index is -0.257. The van der Waals surface area contributed by atoms with Gasteiger partial charge in [0.05, 0.1) is 0 Å². The number of amides is 2. The molecule has 5 heteroatoms. The van der Waals surface area contributed by atoms with Gasteiger partial charge in [-0.2, -0.15) is 0 Å². The van der Waals surface area contributed by atoms with Crippen molar-refractivity contribution >= 4 is 17.5 Å². The van der Waals surface area contributed by atoms with E-state index in [2.05, 4.69) is 0 Å². The highest BCUT2D eigenvalue weighted by atomic mass is 16.5. The molecule has 1 aromatic rings. The maximum atomic E-state index is 12.5. The number of hydrogen-bond donors (Lipinski definition) is 0. The third-order valence-electron chi connectivity index (χ3n) is 5.34. The molecule has 23 heavy (non-hydrogen) atoms. The average Bonchev–Trinajstić information content (AvgIpc) is 3.29. The maximum absolute atomic E-state index is 12.5. The molecule has 0 saturated carbocycles. The van der Waals surface area contributed by atoms with Crippen LogP contribution < -0.4 is 4.90 Å². The molecule has 0 bridgehead atoms. The first-order valence-corrected chi connectivity index (χ1v) is 8.43.